The van der Waals surface area contributed by atoms with Gasteiger partial charge in [-0.15, -0.1) is 0 Å². The molecule has 11 heteroatoms. The van der Waals surface area contributed by atoms with Gasteiger partial charge in [0.05, 0.1) is 22.2 Å². The molecule has 0 fully saturated rings. The molecule has 0 radical (unpaired) electrons. The first-order valence-electron chi connectivity index (χ1n) is 17.8. The van der Waals surface area contributed by atoms with Gasteiger partial charge in [-0.3, -0.25) is 4.79 Å². The number of aromatic nitrogens is 3. The van der Waals surface area contributed by atoms with Gasteiger partial charge in [0.15, 0.2) is 6.29 Å². The number of benzene rings is 6. The van der Waals surface area contributed by atoms with Crippen LogP contribution in [0.25, 0.3) is 72.2 Å². The van der Waals surface area contributed by atoms with Crippen LogP contribution >= 0.6 is 46.4 Å². The lowest BCUT2D eigenvalue weighted by Gasteiger charge is -2.09. The molecule has 59 heavy (non-hydrogen) atoms. The maximum atomic E-state index is 13.4. The molecule has 3 aromatic heterocycles. The van der Waals surface area contributed by atoms with Gasteiger partial charge < -0.3 is 0 Å². The normalized spacial score (nSPS) is 10.8. The van der Waals surface area contributed by atoms with Gasteiger partial charge in [-0.1, -0.05) is 108 Å². The third-order valence-electron chi connectivity index (χ3n) is 9.14. The molecule has 9 rings (SSSR count). The molecular weight excluding hydrogens is 833 g/mol. The summed E-state index contributed by atoms with van der Waals surface area (Å²) in [6.07, 6.45) is 2.33. The number of pyridine rings is 3. The molecule has 6 aromatic carbocycles. The molecular formula is C48H28Cl4F3N3O. The van der Waals surface area contributed by atoms with Crippen LogP contribution in [-0.2, 0) is 0 Å². The smallest absolute Gasteiger partial charge is 0.169 e. The minimum Gasteiger partial charge on any atom is -0.296 e. The van der Waals surface area contributed by atoms with Gasteiger partial charge in [0.1, 0.15) is 28.3 Å². The Kier molecular flexibility index (Phi) is 12.7. The monoisotopic (exact) mass is 859 g/mol. The Morgan fingerprint density at radius 2 is 0.797 bits per heavy atom. The number of hydrogen-bond acceptors (Lipinski definition) is 4. The first-order valence-corrected chi connectivity index (χ1v) is 19.3. The molecule has 4 nitrogen and oxygen atoms in total. The van der Waals surface area contributed by atoms with Crippen molar-refractivity contribution in [3.63, 3.8) is 0 Å². The van der Waals surface area contributed by atoms with Crippen LogP contribution in [0.2, 0.25) is 20.2 Å². The van der Waals surface area contributed by atoms with Gasteiger partial charge in [-0.2, -0.15) is 0 Å². The largest absolute Gasteiger partial charge is 0.296 e. The van der Waals surface area contributed by atoms with Crippen LogP contribution in [0.1, 0.15) is 16.2 Å². The fourth-order valence-corrected chi connectivity index (χ4v) is 7.29. The van der Waals surface area contributed by atoms with Crippen molar-refractivity contribution >= 4 is 91.5 Å². The number of aldehydes is 1. The van der Waals surface area contributed by atoms with E-state index in [1.165, 1.54) is 36.4 Å². The standard InChI is InChI=1S/C17H11ClFN.C16H9ClFNO.C15H8Cl2FN/c1-2-16-13(11-5-3-6-12(19)9-11)10-14-15(18)7-4-8-17(14)20-16;17-14-5-2-6-15-13(14)8-12(16(9-20)19-15)10-3-1-4-11(18)7-10;16-13-5-2-6-14-12(13)8-11(15(17)19-14)9-3-1-4-10(18)7-9/h2-10H,1H2;1-9H;1-8H. The maximum absolute atomic E-state index is 13.4. The van der Waals surface area contributed by atoms with Crippen molar-refractivity contribution in [1.29, 1.82) is 0 Å². The van der Waals surface area contributed by atoms with Crippen LogP contribution in [0, 0.1) is 17.5 Å². The minimum absolute atomic E-state index is 0.269. The Hall–Kier alpha value is -6.09. The summed E-state index contributed by atoms with van der Waals surface area (Å²) in [5.74, 6) is -0.955. The van der Waals surface area contributed by atoms with Gasteiger partial charge in [-0.05, 0) is 114 Å². The Balaban J connectivity index is 0.000000134. The zero-order valence-corrected chi connectivity index (χ0v) is 33.6. The van der Waals surface area contributed by atoms with Crippen LogP contribution in [0.4, 0.5) is 13.2 Å². The summed E-state index contributed by atoms with van der Waals surface area (Å²) < 4.78 is 40.0. The summed E-state index contributed by atoms with van der Waals surface area (Å²) in [6.45, 7) is 3.78. The van der Waals surface area contributed by atoms with Crippen LogP contribution < -0.4 is 0 Å². The van der Waals surface area contributed by atoms with Crippen LogP contribution in [-0.4, -0.2) is 21.2 Å². The quantitative estimate of drug-likeness (QED) is 0.128. The Bertz CT molecular complexity index is 2910. The molecule has 0 aliphatic heterocycles. The van der Waals surface area contributed by atoms with E-state index in [9.17, 15) is 18.0 Å². The summed E-state index contributed by atoms with van der Waals surface area (Å²) in [4.78, 5) is 24.3. The van der Waals surface area contributed by atoms with E-state index in [4.69, 9.17) is 46.4 Å². The van der Waals surface area contributed by atoms with E-state index >= 15 is 0 Å². The van der Waals surface area contributed by atoms with E-state index in [2.05, 4.69) is 21.5 Å². The fourth-order valence-electron chi connectivity index (χ4n) is 6.36. The van der Waals surface area contributed by atoms with E-state index in [0.29, 0.717) is 60.0 Å². The third kappa shape index (κ3) is 9.30. The van der Waals surface area contributed by atoms with Gasteiger partial charge in [0, 0.05) is 47.9 Å². The highest BCUT2D eigenvalue weighted by atomic mass is 35.5. The highest BCUT2D eigenvalue weighted by molar-refractivity contribution is 6.37. The van der Waals surface area contributed by atoms with Crippen LogP contribution in [0.5, 0.6) is 0 Å². The molecule has 0 atom stereocenters. The zero-order chi connectivity index (χ0) is 41.6. The zero-order valence-electron chi connectivity index (χ0n) is 30.6. The minimum atomic E-state index is -0.362. The topological polar surface area (TPSA) is 55.7 Å². The van der Waals surface area contributed by atoms with Crippen LogP contribution in [0.3, 0.4) is 0 Å². The van der Waals surface area contributed by atoms with Crippen LogP contribution in [0.15, 0.2) is 152 Å². The van der Waals surface area contributed by atoms with Crippen molar-refractivity contribution < 1.29 is 18.0 Å². The van der Waals surface area contributed by atoms with E-state index in [0.717, 1.165) is 38.3 Å². The Labute approximate surface area is 357 Å². The molecule has 0 amide bonds. The molecule has 3 heterocycles. The molecule has 9 aromatic rings. The molecule has 0 aliphatic rings. The van der Waals surface area contributed by atoms with E-state index in [-0.39, 0.29) is 23.1 Å². The van der Waals surface area contributed by atoms with Gasteiger partial charge in [0.2, 0.25) is 0 Å². The number of carbonyl (C=O) groups excluding carboxylic acids is 1. The Morgan fingerprint density at radius 1 is 0.441 bits per heavy atom. The predicted octanol–water partition coefficient (Wildman–Crippen LogP) is 15.2. The van der Waals surface area contributed by atoms with Gasteiger partial charge >= 0.3 is 0 Å². The summed E-state index contributed by atoms with van der Waals surface area (Å²) in [6, 6.07) is 40.5. The molecule has 290 valence electrons. The average Bonchev–Trinajstić information content (AvgIpc) is 3.23. The van der Waals surface area contributed by atoms with Gasteiger partial charge in [-0.25, -0.2) is 28.1 Å². The molecule has 0 aliphatic carbocycles. The predicted molar refractivity (Wildman–Crippen MR) is 237 cm³/mol. The number of halogens is 7. The molecule has 0 saturated carbocycles. The fraction of sp³-hybridized carbons (Fsp3) is 0. The molecule has 0 spiro atoms. The number of carbonyl (C=O) groups is 1. The van der Waals surface area contributed by atoms with Gasteiger partial charge in [0.25, 0.3) is 0 Å². The average molecular weight is 862 g/mol. The Morgan fingerprint density at radius 3 is 1.20 bits per heavy atom. The second-order valence-electron chi connectivity index (χ2n) is 12.9. The summed E-state index contributed by atoms with van der Waals surface area (Å²) in [5.41, 5.74) is 7.23. The SMILES string of the molecule is C=Cc1nc2cccc(Cl)c2cc1-c1cccc(F)c1.Fc1cccc(-c2cc3c(Cl)cccc3nc2Cl)c1.O=Cc1nc2cccc(Cl)c2cc1-c1cccc(F)c1. The third-order valence-corrected chi connectivity index (χ3v) is 10.4. The number of rotatable bonds is 5. The van der Waals surface area contributed by atoms with E-state index < -0.39 is 0 Å². The summed E-state index contributed by atoms with van der Waals surface area (Å²) in [5, 5.41) is 4.49. The first-order chi connectivity index (χ1) is 28.5. The van der Waals surface area contributed by atoms with Crippen molar-refractivity contribution in [2.75, 3.05) is 0 Å². The lowest BCUT2D eigenvalue weighted by atomic mass is 10.0. The van der Waals surface area contributed by atoms with Crippen molar-refractivity contribution in [1.82, 2.24) is 15.0 Å². The lowest BCUT2D eigenvalue weighted by Crippen LogP contribution is -1.94. The molecule has 0 unspecified atom stereocenters. The molecule has 0 N–H and O–H groups in total. The lowest BCUT2D eigenvalue weighted by molar-refractivity contribution is 0.112. The van der Waals surface area contributed by atoms with E-state index in [1.54, 1.807) is 66.7 Å². The second kappa shape index (κ2) is 18.2. The summed E-state index contributed by atoms with van der Waals surface area (Å²) in [7, 11) is 0. The molecule has 0 bridgehead atoms. The maximum Gasteiger partial charge on any atom is 0.169 e. The second-order valence-corrected chi connectivity index (χ2v) is 14.5. The molecule has 0 saturated heterocycles. The number of hydrogen-bond donors (Lipinski definition) is 0. The summed E-state index contributed by atoms with van der Waals surface area (Å²) >= 11 is 24.7. The highest BCUT2D eigenvalue weighted by Crippen LogP contribution is 2.34. The number of nitrogens with zero attached hydrogens (tertiary/aromatic N) is 3. The van der Waals surface area contributed by atoms with E-state index in [1.807, 2.05) is 48.5 Å². The highest BCUT2D eigenvalue weighted by Gasteiger charge is 2.13. The van der Waals surface area contributed by atoms with Crippen molar-refractivity contribution in [2.45, 2.75) is 0 Å². The van der Waals surface area contributed by atoms with Crippen molar-refractivity contribution in [2.24, 2.45) is 0 Å². The van der Waals surface area contributed by atoms with Crippen molar-refractivity contribution in [3.05, 3.63) is 201 Å². The first kappa shape index (κ1) is 41.1. The number of fused-ring (bicyclic) bond motifs is 3. The van der Waals surface area contributed by atoms with Crippen molar-refractivity contribution in [3.8, 4) is 33.4 Å².